The number of ether oxygens (including phenoxy) is 2. The van der Waals surface area contributed by atoms with Crippen LogP contribution in [0.3, 0.4) is 0 Å². The Bertz CT molecular complexity index is 443. The standard InChI is InChI=1S/C13H15ClO4/c1-17-12(15)7-6-10-9(8-14)4-3-5-11(10)13(16)18-2/h3-5H,6-8H2,1-2H3. The second-order valence-corrected chi connectivity index (χ2v) is 3.91. The second kappa shape index (κ2) is 7.01. The van der Waals surface area contributed by atoms with Crippen molar-refractivity contribution in [2.45, 2.75) is 18.7 Å². The lowest BCUT2D eigenvalue weighted by atomic mass is 9.97. The van der Waals surface area contributed by atoms with Crippen LogP contribution in [0.4, 0.5) is 0 Å². The van der Waals surface area contributed by atoms with Crippen LogP contribution in [-0.4, -0.2) is 26.2 Å². The Labute approximate surface area is 111 Å². The summed E-state index contributed by atoms with van der Waals surface area (Å²) in [5.74, 6) is -0.474. The number of halogens is 1. The first kappa shape index (κ1) is 14.5. The zero-order chi connectivity index (χ0) is 13.5. The number of alkyl halides is 1. The van der Waals surface area contributed by atoms with Gasteiger partial charge >= 0.3 is 11.9 Å². The van der Waals surface area contributed by atoms with E-state index in [0.29, 0.717) is 12.0 Å². The highest BCUT2D eigenvalue weighted by molar-refractivity contribution is 6.17. The fraction of sp³-hybridized carbons (Fsp3) is 0.385. The van der Waals surface area contributed by atoms with Crippen molar-refractivity contribution in [2.24, 2.45) is 0 Å². The van der Waals surface area contributed by atoms with Crippen LogP contribution in [0.2, 0.25) is 0 Å². The zero-order valence-electron chi connectivity index (χ0n) is 10.4. The Kier molecular flexibility index (Phi) is 5.65. The highest BCUT2D eigenvalue weighted by Gasteiger charge is 2.15. The van der Waals surface area contributed by atoms with Gasteiger partial charge in [-0.1, -0.05) is 12.1 Å². The van der Waals surface area contributed by atoms with Gasteiger partial charge in [0.15, 0.2) is 0 Å². The highest BCUT2D eigenvalue weighted by Crippen LogP contribution is 2.20. The zero-order valence-corrected chi connectivity index (χ0v) is 11.1. The molecule has 0 N–H and O–H groups in total. The SMILES string of the molecule is COC(=O)CCc1c(CCl)cccc1C(=O)OC. The lowest BCUT2D eigenvalue weighted by Crippen LogP contribution is -2.10. The summed E-state index contributed by atoms with van der Waals surface area (Å²) in [6, 6.07) is 5.23. The van der Waals surface area contributed by atoms with E-state index in [2.05, 4.69) is 4.74 Å². The maximum Gasteiger partial charge on any atom is 0.338 e. The second-order valence-electron chi connectivity index (χ2n) is 3.64. The predicted molar refractivity (Wildman–Crippen MR) is 67.7 cm³/mol. The van der Waals surface area contributed by atoms with Crippen LogP contribution < -0.4 is 0 Å². The van der Waals surface area contributed by atoms with E-state index in [9.17, 15) is 9.59 Å². The summed E-state index contributed by atoms with van der Waals surface area (Å²) in [5.41, 5.74) is 2.01. The fourth-order valence-electron chi connectivity index (χ4n) is 1.69. The van der Waals surface area contributed by atoms with E-state index in [4.69, 9.17) is 16.3 Å². The first-order valence-corrected chi connectivity index (χ1v) is 5.99. The van der Waals surface area contributed by atoms with Gasteiger partial charge in [0.05, 0.1) is 19.8 Å². The first-order chi connectivity index (χ1) is 8.63. The molecule has 0 amide bonds. The Morgan fingerprint density at radius 1 is 1.22 bits per heavy atom. The molecule has 18 heavy (non-hydrogen) atoms. The molecule has 0 aliphatic heterocycles. The van der Waals surface area contributed by atoms with Gasteiger partial charge in [-0.25, -0.2) is 4.79 Å². The van der Waals surface area contributed by atoms with Crippen LogP contribution in [-0.2, 0) is 26.6 Å². The highest BCUT2D eigenvalue weighted by atomic mass is 35.5. The van der Waals surface area contributed by atoms with Crippen LogP contribution in [0.25, 0.3) is 0 Å². The third-order valence-electron chi connectivity index (χ3n) is 2.63. The van der Waals surface area contributed by atoms with Crippen molar-refractivity contribution in [1.82, 2.24) is 0 Å². The molecule has 4 nitrogen and oxygen atoms in total. The van der Waals surface area contributed by atoms with Crippen molar-refractivity contribution >= 4 is 23.5 Å². The summed E-state index contributed by atoms with van der Waals surface area (Å²) in [6.45, 7) is 0. The number of esters is 2. The molecule has 0 aliphatic rings. The van der Waals surface area contributed by atoms with Gasteiger partial charge in [0, 0.05) is 12.3 Å². The molecule has 0 aliphatic carbocycles. The summed E-state index contributed by atoms with van der Waals surface area (Å²) in [7, 11) is 2.65. The monoisotopic (exact) mass is 270 g/mol. The van der Waals surface area contributed by atoms with Crippen LogP contribution in [0, 0.1) is 0 Å². The molecule has 98 valence electrons. The molecule has 0 heterocycles. The average molecular weight is 271 g/mol. The van der Waals surface area contributed by atoms with E-state index >= 15 is 0 Å². The van der Waals surface area contributed by atoms with Gasteiger partial charge in [0.25, 0.3) is 0 Å². The quantitative estimate of drug-likeness (QED) is 0.609. The van der Waals surface area contributed by atoms with Crippen molar-refractivity contribution in [3.8, 4) is 0 Å². The summed E-state index contributed by atoms with van der Waals surface area (Å²) >= 11 is 5.83. The van der Waals surface area contributed by atoms with Gasteiger partial charge in [0.2, 0.25) is 0 Å². The van der Waals surface area contributed by atoms with Gasteiger partial charge in [0.1, 0.15) is 0 Å². The molecule has 0 bridgehead atoms. The van der Waals surface area contributed by atoms with E-state index < -0.39 is 5.97 Å². The van der Waals surface area contributed by atoms with E-state index in [1.807, 2.05) is 6.07 Å². The molecular formula is C13H15ClO4. The van der Waals surface area contributed by atoms with E-state index in [-0.39, 0.29) is 18.3 Å². The molecule has 0 unspecified atom stereocenters. The lowest BCUT2D eigenvalue weighted by molar-refractivity contribution is -0.140. The Hall–Kier alpha value is -1.55. The van der Waals surface area contributed by atoms with Crippen molar-refractivity contribution in [1.29, 1.82) is 0 Å². The molecule has 0 fully saturated rings. The molecule has 0 atom stereocenters. The third kappa shape index (κ3) is 3.47. The minimum atomic E-state index is -0.429. The number of hydrogen-bond donors (Lipinski definition) is 0. The topological polar surface area (TPSA) is 52.6 Å². The van der Waals surface area contributed by atoms with Crippen LogP contribution in [0.15, 0.2) is 18.2 Å². The number of methoxy groups -OCH3 is 2. The van der Waals surface area contributed by atoms with Crippen molar-refractivity contribution < 1.29 is 19.1 Å². The number of carbonyl (C=O) groups is 2. The van der Waals surface area contributed by atoms with E-state index in [0.717, 1.165) is 11.1 Å². The molecule has 1 aromatic carbocycles. The minimum Gasteiger partial charge on any atom is -0.469 e. The molecule has 0 radical (unpaired) electrons. The minimum absolute atomic E-state index is 0.203. The predicted octanol–water partition coefficient (Wildman–Crippen LogP) is 2.32. The largest absolute Gasteiger partial charge is 0.469 e. The maximum atomic E-state index is 11.6. The maximum absolute atomic E-state index is 11.6. The summed E-state index contributed by atoms with van der Waals surface area (Å²) < 4.78 is 9.30. The number of carbonyl (C=O) groups excluding carboxylic acids is 2. The summed E-state index contributed by atoms with van der Waals surface area (Å²) in [6.07, 6.45) is 0.606. The Balaban J connectivity index is 3.04. The smallest absolute Gasteiger partial charge is 0.338 e. The van der Waals surface area contributed by atoms with Gasteiger partial charge in [-0.05, 0) is 23.6 Å². The summed E-state index contributed by atoms with van der Waals surface area (Å²) in [4.78, 5) is 22.8. The molecule has 5 heteroatoms. The summed E-state index contributed by atoms with van der Waals surface area (Å²) in [5, 5.41) is 0. The Morgan fingerprint density at radius 2 is 1.94 bits per heavy atom. The van der Waals surface area contributed by atoms with Gasteiger partial charge in [-0.2, -0.15) is 0 Å². The molecule has 0 aromatic heterocycles. The normalized spacial score (nSPS) is 9.94. The van der Waals surface area contributed by atoms with E-state index in [1.165, 1.54) is 14.2 Å². The number of benzene rings is 1. The Morgan fingerprint density at radius 3 is 2.50 bits per heavy atom. The van der Waals surface area contributed by atoms with Crippen LogP contribution >= 0.6 is 11.6 Å². The first-order valence-electron chi connectivity index (χ1n) is 5.45. The van der Waals surface area contributed by atoms with Gasteiger partial charge in [-0.15, -0.1) is 11.6 Å². The molecule has 0 spiro atoms. The van der Waals surface area contributed by atoms with Gasteiger partial charge < -0.3 is 9.47 Å². The number of rotatable bonds is 5. The van der Waals surface area contributed by atoms with E-state index in [1.54, 1.807) is 12.1 Å². The van der Waals surface area contributed by atoms with Gasteiger partial charge in [-0.3, -0.25) is 4.79 Å². The van der Waals surface area contributed by atoms with Crippen LogP contribution in [0.5, 0.6) is 0 Å². The van der Waals surface area contributed by atoms with Crippen molar-refractivity contribution in [2.75, 3.05) is 14.2 Å². The lowest BCUT2D eigenvalue weighted by Gasteiger charge is -2.11. The van der Waals surface area contributed by atoms with Crippen molar-refractivity contribution in [3.05, 3.63) is 34.9 Å². The number of hydrogen-bond acceptors (Lipinski definition) is 4. The average Bonchev–Trinajstić information content (AvgIpc) is 2.43. The molecular weight excluding hydrogens is 256 g/mol. The molecule has 1 rings (SSSR count). The molecule has 0 saturated carbocycles. The molecule has 1 aromatic rings. The van der Waals surface area contributed by atoms with Crippen molar-refractivity contribution in [3.63, 3.8) is 0 Å². The third-order valence-corrected chi connectivity index (χ3v) is 2.92. The molecule has 0 saturated heterocycles. The van der Waals surface area contributed by atoms with Crippen LogP contribution in [0.1, 0.15) is 27.9 Å². The fourth-order valence-corrected chi connectivity index (χ4v) is 1.94.